The molecule has 4 amide bonds. The molecule has 0 bridgehead atoms. The standard InChI is InChI=1S/C28H31N5O4/c1-3-31-12-14-32(15-13-31)17-21-6-4-20(5-7-21)10-11-28(26(35)29-27(36)30-28)19-33-18-22-8-9-23(37-2)16-24(22)25(33)34/h4-9,16H,3,12-15,17-19H2,1-2H3,(H2,29,30,35,36). The molecule has 2 aromatic carbocycles. The molecular weight excluding hydrogens is 470 g/mol. The molecule has 0 aliphatic carbocycles. The van der Waals surface area contributed by atoms with Crippen molar-refractivity contribution in [2.45, 2.75) is 25.6 Å². The Morgan fingerprint density at radius 1 is 1.00 bits per heavy atom. The van der Waals surface area contributed by atoms with Gasteiger partial charge in [0.2, 0.25) is 5.54 Å². The molecule has 2 N–H and O–H groups in total. The summed E-state index contributed by atoms with van der Waals surface area (Å²) in [5.74, 6) is 5.81. The number of nitrogens with zero attached hydrogens (tertiary/aromatic N) is 3. The third-order valence-electron chi connectivity index (χ3n) is 7.26. The van der Waals surface area contributed by atoms with Gasteiger partial charge in [-0.2, -0.15) is 0 Å². The number of piperazine rings is 1. The average Bonchev–Trinajstić information content (AvgIpc) is 3.37. The molecule has 0 aromatic heterocycles. The minimum Gasteiger partial charge on any atom is -0.497 e. The first-order chi connectivity index (χ1) is 17.9. The van der Waals surface area contributed by atoms with Gasteiger partial charge in [-0.05, 0) is 41.9 Å². The van der Waals surface area contributed by atoms with Gasteiger partial charge in [-0.1, -0.05) is 37.0 Å². The molecule has 1 unspecified atom stereocenters. The first-order valence-corrected chi connectivity index (χ1v) is 12.6. The van der Waals surface area contributed by atoms with E-state index in [9.17, 15) is 14.4 Å². The monoisotopic (exact) mass is 501 g/mol. The number of imide groups is 1. The van der Waals surface area contributed by atoms with Crippen LogP contribution < -0.4 is 15.4 Å². The van der Waals surface area contributed by atoms with Gasteiger partial charge < -0.3 is 19.9 Å². The van der Waals surface area contributed by atoms with Crippen molar-refractivity contribution >= 4 is 17.8 Å². The lowest BCUT2D eigenvalue weighted by atomic mass is 9.99. The number of urea groups is 1. The summed E-state index contributed by atoms with van der Waals surface area (Å²) in [6, 6.07) is 12.6. The number of nitrogens with one attached hydrogen (secondary N) is 2. The van der Waals surface area contributed by atoms with Crippen molar-refractivity contribution in [1.29, 1.82) is 0 Å². The topological polar surface area (TPSA) is 94.2 Å². The molecule has 0 radical (unpaired) electrons. The second kappa shape index (κ2) is 10.2. The number of hydrogen-bond acceptors (Lipinski definition) is 6. The maximum Gasteiger partial charge on any atom is 0.323 e. The van der Waals surface area contributed by atoms with Crippen LogP contribution in [0.3, 0.4) is 0 Å². The summed E-state index contributed by atoms with van der Waals surface area (Å²) in [7, 11) is 1.54. The molecule has 0 saturated carbocycles. The van der Waals surface area contributed by atoms with E-state index in [1.165, 1.54) is 10.5 Å². The van der Waals surface area contributed by atoms with Gasteiger partial charge in [-0.3, -0.25) is 19.8 Å². The summed E-state index contributed by atoms with van der Waals surface area (Å²) in [6.07, 6.45) is 0. The summed E-state index contributed by atoms with van der Waals surface area (Å²) in [5, 5.41) is 4.93. The predicted octanol–water partition coefficient (Wildman–Crippen LogP) is 1.42. The fourth-order valence-electron chi connectivity index (χ4n) is 5.01. The van der Waals surface area contributed by atoms with Crippen LogP contribution in [0.5, 0.6) is 5.75 Å². The molecule has 3 aliphatic heterocycles. The van der Waals surface area contributed by atoms with Gasteiger partial charge in [0.15, 0.2) is 0 Å². The van der Waals surface area contributed by atoms with Crippen LogP contribution in [0.1, 0.15) is 34.0 Å². The number of carbonyl (C=O) groups excluding carboxylic acids is 3. The molecule has 5 rings (SSSR count). The highest BCUT2D eigenvalue weighted by Gasteiger charge is 2.48. The Bertz CT molecular complexity index is 1270. The molecule has 0 spiro atoms. The van der Waals surface area contributed by atoms with Crippen LogP contribution in [0.4, 0.5) is 4.79 Å². The third-order valence-corrected chi connectivity index (χ3v) is 7.26. The van der Waals surface area contributed by atoms with Gasteiger partial charge in [0.25, 0.3) is 11.8 Å². The summed E-state index contributed by atoms with van der Waals surface area (Å²) in [5.41, 5.74) is 1.77. The van der Waals surface area contributed by atoms with Crippen LogP contribution in [-0.4, -0.2) is 84.5 Å². The first-order valence-electron chi connectivity index (χ1n) is 12.6. The number of amides is 4. The zero-order valence-corrected chi connectivity index (χ0v) is 21.2. The fraction of sp³-hybridized carbons (Fsp3) is 0.393. The summed E-state index contributed by atoms with van der Waals surface area (Å²) < 4.78 is 5.24. The Morgan fingerprint density at radius 3 is 2.38 bits per heavy atom. The molecule has 9 heteroatoms. The van der Waals surface area contributed by atoms with Crippen molar-refractivity contribution in [2.75, 3.05) is 46.4 Å². The Hall–Kier alpha value is -3.87. The summed E-state index contributed by atoms with van der Waals surface area (Å²) in [4.78, 5) is 44.4. The lowest BCUT2D eigenvalue weighted by Gasteiger charge is -2.34. The third kappa shape index (κ3) is 5.17. The molecule has 192 valence electrons. The highest BCUT2D eigenvalue weighted by molar-refractivity contribution is 6.10. The Morgan fingerprint density at radius 2 is 1.73 bits per heavy atom. The molecule has 3 heterocycles. The van der Waals surface area contributed by atoms with Crippen molar-refractivity contribution in [3.8, 4) is 17.6 Å². The predicted molar refractivity (Wildman–Crippen MR) is 138 cm³/mol. The number of ether oxygens (including phenoxy) is 1. The number of rotatable bonds is 6. The highest BCUT2D eigenvalue weighted by atomic mass is 16.5. The summed E-state index contributed by atoms with van der Waals surface area (Å²) >= 11 is 0. The zero-order chi connectivity index (χ0) is 26.0. The van der Waals surface area contributed by atoms with Crippen LogP contribution in [0, 0.1) is 11.8 Å². The number of benzene rings is 2. The van der Waals surface area contributed by atoms with E-state index in [1.54, 1.807) is 19.2 Å². The van der Waals surface area contributed by atoms with Crippen molar-refractivity contribution < 1.29 is 19.1 Å². The zero-order valence-electron chi connectivity index (χ0n) is 21.2. The maximum atomic E-state index is 13.1. The van der Waals surface area contributed by atoms with Gasteiger partial charge in [-0.25, -0.2) is 4.79 Å². The van der Waals surface area contributed by atoms with Gasteiger partial charge in [0, 0.05) is 50.4 Å². The molecule has 3 aliphatic rings. The molecule has 37 heavy (non-hydrogen) atoms. The summed E-state index contributed by atoms with van der Waals surface area (Å²) in [6.45, 7) is 8.73. The minimum atomic E-state index is -1.53. The van der Waals surface area contributed by atoms with E-state index in [4.69, 9.17) is 4.74 Å². The van der Waals surface area contributed by atoms with Crippen molar-refractivity contribution in [3.63, 3.8) is 0 Å². The van der Waals surface area contributed by atoms with Gasteiger partial charge >= 0.3 is 6.03 Å². The second-order valence-electron chi connectivity index (χ2n) is 9.66. The number of methoxy groups -OCH3 is 1. The quantitative estimate of drug-likeness (QED) is 0.459. The van der Waals surface area contributed by atoms with Gasteiger partial charge in [0.05, 0.1) is 13.7 Å². The van der Waals surface area contributed by atoms with E-state index in [2.05, 4.69) is 39.2 Å². The molecule has 2 fully saturated rings. The van der Waals surface area contributed by atoms with Crippen LogP contribution >= 0.6 is 0 Å². The molecule has 2 aromatic rings. The van der Waals surface area contributed by atoms with Crippen LogP contribution in [-0.2, 0) is 17.9 Å². The minimum absolute atomic E-state index is 0.0603. The van der Waals surface area contributed by atoms with Crippen molar-refractivity contribution in [2.24, 2.45) is 0 Å². The highest BCUT2D eigenvalue weighted by Crippen LogP contribution is 2.28. The first kappa shape index (κ1) is 24.8. The van der Waals surface area contributed by atoms with E-state index in [0.29, 0.717) is 17.9 Å². The lowest BCUT2D eigenvalue weighted by molar-refractivity contribution is -0.122. The Kier molecular flexibility index (Phi) is 6.87. The van der Waals surface area contributed by atoms with E-state index < -0.39 is 17.5 Å². The SMILES string of the molecule is CCN1CCN(Cc2ccc(C#CC3(CN4Cc5ccc(OC)cc5C4=O)NC(=O)NC3=O)cc2)CC1. The van der Waals surface area contributed by atoms with E-state index in [1.807, 2.05) is 30.3 Å². The molecule has 2 saturated heterocycles. The van der Waals surface area contributed by atoms with Crippen LogP contribution in [0.15, 0.2) is 42.5 Å². The van der Waals surface area contributed by atoms with Crippen molar-refractivity contribution in [1.82, 2.24) is 25.3 Å². The van der Waals surface area contributed by atoms with E-state index in [-0.39, 0.29) is 12.5 Å². The smallest absolute Gasteiger partial charge is 0.323 e. The normalized spacial score (nSPS) is 21.8. The number of carbonyl (C=O) groups is 3. The maximum absolute atomic E-state index is 13.1. The average molecular weight is 502 g/mol. The number of hydrogen-bond donors (Lipinski definition) is 2. The Labute approximate surface area is 216 Å². The van der Waals surface area contributed by atoms with Gasteiger partial charge in [0.1, 0.15) is 5.75 Å². The van der Waals surface area contributed by atoms with Crippen LogP contribution in [0.25, 0.3) is 0 Å². The lowest BCUT2D eigenvalue weighted by Crippen LogP contribution is -2.54. The fourth-order valence-corrected chi connectivity index (χ4v) is 5.01. The molecular formula is C28H31N5O4. The van der Waals surface area contributed by atoms with Crippen LogP contribution in [0.2, 0.25) is 0 Å². The second-order valence-corrected chi connectivity index (χ2v) is 9.66. The van der Waals surface area contributed by atoms with Gasteiger partial charge in [-0.15, -0.1) is 0 Å². The molecule has 9 nitrogen and oxygen atoms in total. The molecule has 1 atom stereocenters. The van der Waals surface area contributed by atoms with E-state index in [0.717, 1.165) is 50.4 Å². The number of fused-ring (bicyclic) bond motifs is 1. The number of likely N-dealkylation sites (N-methyl/N-ethyl adjacent to an activating group) is 1. The Balaban J connectivity index is 1.30. The largest absolute Gasteiger partial charge is 0.497 e. The van der Waals surface area contributed by atoms with E-state index >= 15 is 0 Å². The van der Waals surface area contributed by atoms with Crippen molar-refractivity contribution in [3.05, 3.63) is 64.7 Å².